The molecule has 0 spiro atoms. The van der Waals surface area contributed by atoms with Crippen molar-refractivity contribution in [3.05, 3.63) is 59.7 Å². The van der Waals surface area contributed by atoms with Crippen molar-refractivity contribution in [2.24, 2.45) is 0 Å². The molecule has 0 radical (unpaired) electrons. The molecule has 3 rings (SSSR count). The molecule has 0 unspecified atom stereocenters. The van der Waals surface area contributed by atoms with E-state index in [1.54, 1.807) is 23.2 Å². The molecule has 6 heteroatoms. The molecule has 0 saturated carbocycles. The predicted molar refractivity (Wildman–Crippen MR) is 95.3 cm³/mol. The van der Waals surface area contributed by atoms with Crippen LogP contribution in [0.25, 0.3) is 0 Å². The first-order valence-corrected chi connectivity index (χ1v) is 8.74. The molecule has 1 atom stereocenters. The lowest BCUT2D eigenvalue weighted by Crippen LogP contribution is -2.53. The fourth-order valence-corrected chi connectivity index (χ4v) is 3.09. The molecule has 1 N–H and O–H groups in total. The maximum absolute atomic E-state index is 13.2. The van der Waals surface area contributed by atoms with E-state index < -0.39 is 5.60 Å². The Kier molecular flexibility index (Phi) is 5.52. The van der Waals surface area contributed by atoms with Gasteiger partial charge in [0, 0.05) is 24.5 Å². The number of halogens is 1. The molecule has 26 heavy (non-hydrogen) atoms. The quantitative estimate of drug-likeness (QED) is 0.892. The van der Waals surface area contributed by atoms with Gasteiger partial charge in [-0.15, -0.1) is 0 Å². The summed E-state index contributed by atoms with van der Waals surface area (Å²) in [6, 6.07) is 9.58. The minimum atomic E-state index is -1.14. The van der Waals surface area contributed by atoms with Crippen molar-refractivity contribution in [1.82, 2.24) is 9.88 Å². The molecule has 138 valence electrons. The topological polar surface area (TPSA) is 62.7 Å². The van der Waals surface area contributed by atoms with Gasteiger partial charge in [0.1, 0.15) is 23.8 Å². The Balaban J connectivity index is 1.58. The Hall–Kier alpha value is -2.47. The lowest BCUT2D eigenvalue weighted by atomic mass is 9.93. The van der Waals surface area contributed by atoms with Crippen molar-refractivity contribution in [2.45, 2.75) is 31.8 Å². The monoisotopic (exact) mass is 358 g/mol. The van der Waals surface area contributed by atoms with E-state index >= 15 is 0 Å². The normalized spacial score (nSPS) is 20.0. The van der Waals surface area contributed by atoms with E-state index in [4.69, 9.17) is 4.74 Å². The van der Waals surface area contributed by atoms with Crippen LogP contribution >= 0.6 is 0 Å². The van der Waals surface area contributed by atoms with Gasteiger partial charge >= 0.3 is 0 Å². The minimum absolute atomic E-state index is 0.0169. The molecule has 1 fully saturated rings. The van der Waals surface area contributed by atoms with E-state index in [0.717, 1.165) is 5.56 Å². The third-order valence-corrected chi connectivity index (χ3v) is 4.52. The summed E-state index contributed by atoms with van der Waals surface area (Å²) < 4.78 is 18.8. The van der Waals surface area contributed by atoms with Gasteiger partial charge in [0.25, 0.3) is 0 Å². The van der Waals surface area contributed by atoms with Gasteiger partial charge in [0.05, 0.1) is 13.0 Å². The van der Waals surface area contributed by atoms with Gasteiger partial charge in [-0.2, -0.15) is 0 Å². The Morgan fingerprint density at radius 2 is 2.23 bits per heavy atom. The van der Waals surface area contributed by atoms with E-state index in [9.17, 15) is 14.3 Å². The van der Waals surface area contributed by atoms with Crippen LogP contribution in [0.3, 0.4) is 0 Å². The number of carbonyl (C=O) groups excluding carboxylic acids is 1. The number of rotatable bonds is 5. The maximum atomic E-state index is 13.2. The molecule has 0 bridgehead atoms. The summed E-state index contributed by atoms with van der Waals surface area (Å²) >= 11 is 0. The van der Waals surface area contributed by atoms with Gasteiger partial charge in [-0.25, -0.2) is 4.39 Å². The Morgan fingerprint density at radius 3 is 2.96 bits per heavy atom. The molecule has 5 nitrogen and oxygen atoms in total. The van der Waals surface area contributed by atoms with E-state index in [1.807, 2.05) is 19.1 Å². The Bertz CT molecular complexity index is 766. The standard InChI is InChI=1S/C20H23FN2O3/c1-15-6-7-17(22-12-15)11-19(24)23-9-3-8-20(25,13-23)14-26-18-5-2-4-16(21)10-18/h2,4-7,10,12,25H,3,8-9,11,13-14H2,1H3/t20-/m1/s1. The first-order chi connectivity index (χ1) is 12.4. The van der Waals surface area contributed by atoms with Crippen molar-refractivity contribution < 1.29 is 19.0 Å². The molecular weight excluding hydrogens is 335 g/mol. The molecule has 1 amide bonds. The molecule has 1 saturated heterocycles. The highest BCUT2D eigenvalue weighted by Crippen LogP contribution is 2.24. The Morgan fingerprint density at radius 1 is 1.38 bits per heavy atom. The average molecular weight is 358 g/mol. The van der Waals surface area contributed by atoms with E-state index in [-0.39, 0.29) is 31.3 Å². The third kappa shape index (κ3) is 4.79. The number of likely N-dealkylation sites (tertiary alicyclic amines) is 1. The Labute approximate surface area is 152 Å². The van der Waals surface area contributed by atoms with Crippen LogP contribution in [0.4, 0.5) is 4.39 Å². The number of pyridine rings is 1. The summed E-state index contributed by atoms with van der Waals surface area (Å²) in [6.07, 6.45) is 3.17. The molecule has 0 aliphatic carbocycles. The highest BCUT2D eigenvalue weighted by molar-refractivity contribution is 5.78. The van der Waals surface area contributed by atoms with Gasteiger partial charge in [-0.1, -0.05) is 12.1 Å². The number of nitrogens with zero attached hydrogens (tertiary/aromatic N) is 2. The van der Waals surface area contributed by atoms with Crippen LogP contribution in [0.15, 0.2) is 42.6 Å². The van der Waals surface area contributed by atoms with Crippen LogP contribution in [0.5, 0.6) is 5.75 Å². The van der Waals surface area contributed by atoms with E-state index in [0.29, 0.717) is 30.8 Å². The average Bonchev–Trinajstić information content (AvgIpc) is 2.62. The number of hydrogen-bond acceptors (Lipinski definition) is 4. The molecule has 1 aromatic heterocycles. The van der Waals surface area contributed by atoms with Gasteiger partial charge < -0.3 is 14.7 Å². The first kappa shape index (κ1) is 18.3. The molecule has 1 aliphatic rings. The molecular formula is C20H23FN2O3. The van der Waals surface area contributed by atoms with Crippen LogP contribution in [-0.4, -0.2) is 46.2 Å². The van der Waals surface area contributed by atoms with Gasteiger partial charge in [0.2, 0.25) is 5.91 Å². The first-order valence-electron chi connectivity index (χ1n) is 8.74. The second-order valence-electron chi connectivity index (χ2n) is 6.89. The SMILES string of the molecule is Cc1ccc(CC(=O)N2CCC[C@](O)(COc3cccc(F)c3)C2)nc1. The molecule has 2 aromatic rings. The number of aromatic nitrogens is 1. The van der Waals surface area contributed by atoms with Crippen molar-refractivity contribution in [3.8, 4) is 5.75 Å². The summed E-state index contributed by atoms with van der Waals surface area (Å²) in [5.74, 6) is -0.0866. The third-order valence-electron chi connectivity index (χ3n) is 4.52. The predicted octanol–water partition coefficient (Wildman–Crippen LogP) is 2.50. The van der Waals surface area contributed by atoms with E-state index in [1.165, 1.54) is 12.1 Å². The lowest BCUT2D eigenvalue weighted by Gasteiger charge is -2.39. The number of aliphatic hydroxyl groups is 1. The number of amides is 1. The van der Waals surface area contributed by atoms with Crippen molar-refractivity contribution in [3.63, 3.8) is 0 Å². The maximum Gasteiger partial charge on any atom is 0.228 e. The summed E-state index contributed by atoms with van der Waals surface area (Å²) in [6.45, 7) is 2.77. The number of aryl methyl sites for hydroxylation is 1. The lowest BCUT2D eigenvalue weighted by molar-refractivity contribution is -0.139. The van der Waals surface area contributed by atoms with Gasteiger partial charge in [-0.05, 0) is 43.5 Å². The zero-order chi connectivity index (χ0) is 18.6. The van der Waals surface area contributed by atoms with Crippen LogP contribution in [0.1, 0.15) is 24.1 Å². The number of benzene rings is 1. The van der Waals surface area contributed by atoms with Crippen LogP contribution in [0.2, 0.25) is 0 Å². The number of β-amino-alcohol motifs (C(OH)–C–C–N with tert-alkyl or cyclic N) is 1. The fraction of sp³-hybridized carbons (Fsp3) is 0.400. The smallest absolute Gasteiger partial charge is 0.228 e. The highest BCUT2D eigenvalue weighted by atomic mass is 19.1. The largest absolute Gasteiger partial charge is 0.490 e. The van der Waals surface area contributed by atoms with Gasteiger partial charge in [0.15, 0.2) is 0 Å². The van der Waals surface area contributed by atoms with Crippen molar-refractivity contribution in [2.75, 3.05) is 19.7 Å². The molecule has 1 aliphatic heterocycles. The molecule has 2 heterocycles. The fourth-order valence-electron chi connectivity index (χ4n) is 3.09. The summed E-state index contributed by atoms with van der Waals surface area (Å²) in [5.41, 5.74) is 0.620. The highest BCUT2D eigenvalue weighted by Gasteiger charge is 2.36. The molecule has 1 aromatic carbocycles. The number of piperidine rings is 1. The number of hydrogen-bond donors (Lipinski definition) is 1. The van der Waals surface area contributed by atoms with Crippen LogP contribution in [-0.2, 0) is 11.2 Å². The zero-order valence-electron chi connectivity index (χ0n) is 14.8. The van der Waals surface area contributed by atoms with E-state index in [2.05, 4.69) is 4.98 Å². The second-order valence-corrected chi connectivity index (χ2v) is 6.89. The van der Waals surface area contributed by atoms with Crippen LogP contribution in [0, 0.1) is 12.7 Å². The van der Waals surface area contributed by atoms with Gasteiger partial charge in [-0.3, -0.25) is 9.78 Å². The van der Waals surface area contributed by atoms with Crippen LogP contribution < -0.4 is 4.74 Å². The van der Waals surface area contributed by atoms with Crippen molar-refractivity contribution >= 4 is 5.91 Å². The second kappa shape index (κ2) is 7.83. The summed E-state index contributed by atoms with van der Waals surface area (Å²) in [4.78, 5) is 18.5. The zero-order valence-corrected chi connectivity index (χ0v) is 14.8. The minimum Gasteiger partial charge on any atom is -0.490 e. The number of ether oxygens (including phenoxy) is 1. The number of carbonyl (C=O) groups is 1. The van der Waals surface area contributed by atoms with Crippen molar-refractivity contribution in [1.29, 1.82) is 0 Å². The summed E-state index contributed by atoms with van der Waals surface area (Å²) in [7, 11) is 0. The summed E-state index contributed by atoms with van der Waals surface area (Å²) in [5, 5.41) is 10.8.